The van der Waals surface area contributed by atoms with Crippen molar-refractivity contribution in [3.8, 4) is 0 Å². The minimum absolute atomic E-state index is 0.341. The Hall–Kier alpha value is -2.96. The quantitative estimate of drug-likeness (QED) is 0.433. The van der Waals surface area contributed by atoms with E-state index < -0.39 is 25.0 Å². The zero-order chi connectivity index (χ0) is 21.0. The van der Waals surface area contributed by atoms with Crippen LogP contribution in [0.4, 0.5) is 5.69 Å². The SMILES string of the molecule is CC[C@H](C)c1ccc(NC(=O)COC(=O)CN2C(=O)[C@H]3CC=CC[C@@H]3C2=O)cc1. The number of esters is 1. The molecule has 7 heteroatoms. The first kappa shape index (κ1) is 20.8. The molecule has 1 aliphatic heterocycles. The van der Waals surface area contributed by atoms with E-state index in [1.807, 2.05) is 24.3 Å². The summed E-state index contributed by atoms with van der Waals surface area (Å²) in [6, 6.07) is 7.51. The molecule has 1 aliphatic carbocycles. The van der Waals surface area contributed by atoms with Gasteiger partial charge in [0.05, 0.1) is 11.8 Å². The van der Waals surface area contributed by atoms with Crippen LogP contribution in [0.15, 0.2) is 36.4 Å². The highest BCUT2D eigenvalue weighted by molar-refractivity contribution is 6.07. The van der Waals surface area contributed by atoms with Crippen molar-refractivity contribution in [3.05, 3.63) is 42.0 Å². The molecule has 1 aromatic rings. The second-order valence-electron chi connectivity index (χ2n) is 7.56. The number of anilines is 1. The van der Waals surface area contributed by atoms with Gasteiger partial charge in [-0.1, -0.05) is 38.1 Å². The topological polar surface area (TPSA) is 92.8 Å². The van der Waals surface area contributed by atoms with Crippen LogP contribution in [0.25, 0.3) is 0 Å². The number of allylic oxidation sites excluding steroid dienone is 2. The summed E-state index contributed by atoms with van der Waals surface area (Å²) in [5, 5.41) is 2.66. The predicted octanol–water partition coefficient (Wildman–Crippen LogP) is 2.63. The van der Waals surface area contributed by atoms with Gasteiger partial charge in [-0.25, -0.2) is 0 Å². The van der Waals surface area contributed by atoms with Crippen molar-refractivity contribution in [2.24, 2.45) is 11.8 Å². The first-order valence-corrected chi connectivity index (χ1v) is 9.96. The van der Waals surface area contributed by atoms with Gasteiger partial charge in [0.25, 0.3) is 5.91 Å². The van der Waals surface area contributed by atoms with Crippen LogP contribution in [0.3, 0.4) is 0 Å². The van der Waals surface area contributed by atoms with E-state index >= 15 is 0 Å². The Bertz CT molecular complexity index is 804. The fourth-order valence-corrected chi connectivity index (χ4v) is 3.67. The van der Waals surface area contributed by atoms with Crippen molar-refractivity contribution in [2.45, 2.75) is 39.0 Å². The van der Waals surface area contributed by atoms with Gasteiger partial charge >= 0.3 is 5.97 Å². The summed E-state index contributed by atoms with van der Waals surface area (Å²) in [5.74, 6) is -2.27. The van der Waals surface area contributed by atoms with Crippen LogP contribution >= 0.6 is 0 Å². The van der Waals surface area contributed by atoms with E-state index in [-0.39, 0.29) is 23.7 Å². The van der Waals surface area contributed by atoms with E-state index in [0.29, 0.717) is 24.4 Å². The molecule has 0 radical (unpaired) electrons. The fraction of sp³-hybridized carbons (Fsp3) is 0.455. The van der Waals surface area contributed by atoms with Crippen molar-refractivity contribution in [1.82, 2.24) is 4.90 Å². The van der Waals surface area contributed by atoms with Gasteiger partial charge in [-0.2, -0.15) is 0 Å². The Kier molecular flexibility index (Phi) is 6.46. The molecule has 0 bridgehead atoms. The van der Waals surface area contributed by atoms with Crippen molar-refractivity contribution in [2.75, 3.05) is 18.5 Å². The number of rotatable bonds is 7. The lowest BCUT2D eigenvalue weighted by molar-refractivity contribution is -0.154. The molecule has 0 saturated carbocycles. The Labute approximate surface area is 170 Å². The number of carbonyl (C=O) groups excluding carboxylic acids is 4. The third-order valence-electron chi connectivity index (χ3n) is 5.63. The Balaban J connectivity index is 1.46. The summed E-state index contributed by atoms with van der Waals surface area (Å²) >= 11 is 0. The minimum atomic E-state index is -0.777. The van der Waals surface area contributed by atoms with Gasteiger partial charge in [0, 0.05) is 5.69 Å². The zero-order valence-electron chi connectivity index (χ0n) is 16.7. The van der Waals surface area contributed by atoms with Crippen molar-refractivity contribution in [1.29, 1.82) is 0 Å². The Morgan fingerprint density at radius 1 is 1.10 bits per heavy atom. The molecule has 0 aromatic heterocycles. The van der Waals surface area contributed by atoms with Crippen molar-refractivity contribution in [3.63, 3.8) is 0 Å². The number of fused-ring (bicyclic) bond motifs is 1. The molecule has 1 N–H and O–H groups in total. The van der Waals surface area contributed by atoms with Crippen LogP contribution in [-0.2, 0) is 23.9 Å². The maximum atomic E-state index is 12.3. The Morgan fingerprint density at radius 2 is 1.69 bits per heavy atom. The van der Waals surface area contributed by atoms with Crippen molar-refractivity contribution < 1.29 is 23.9 Å². The molecule has 3 amide bonds. The molecule has 3 rings (SSSR count). The number of nitrogens with zero attached hydrogens (tertiary/aromatic N) is 1. The predicted molar refractivity (Wildman–Crippen MR) is 107 cm³/mol. The van der Waals surface area contributed by atoms with Crippen LogP contribution in [0, 0.1) is 11.8 Å². The second-order valence-corrected chi connectivity index (χ2v) is 7.56. The third-order valence-corrected chi connectivity index (χ3v) is 5.63. The maximum absolute atomic E-state index is 12.3. The van der Waals surface area contributed by atoms with Gasteiger partial charge in [0.2, 0.25) is 11.8 Å². The largest absolute Gasteiger partial charge is 0.454 e. The maximum Gasteiger partial charge on any atom is 0.326 e. The summed E-state index contributed by atoms with van der Waals surface area (Å²) in [6.45, 7) is 3.31. The highest BCUT2D eigenvalue weighted by atomic mass is 16.5. The van der Waals surface area contributed by atoms with Crippen LogP contribution in [-0.4, -0.2) is 41.7 Å². The average Bonchev–Trinajstić information content (AvgIpc) is 2.97. The van der Waals surface area contributed by atoms with E-state index in [2.05, 4.69) is 19.2 Å². The fourth-order valence-electron chi connectivity index (χ4n) is 3.67. The van der Waals surface area contributed by atoms with Crippen molar-refractivity contribution >= 4 is 29.4 Å². The number of amides is 3. The summed E-state index contributed by atoms with van der Waals surface area (Å²) in [7, 11) is 0. The van der Waals surface area contributed by atoms with Gasteiger partial charge in [-0.15, -0.1) is 0 Å². The summed E-state index contributed by atoms with van der Waals surface area (Å²) < 4.78 is 4.95. The number of imide groups is 1. The van der Waals surface area contributed by atoms with Crippen LogP contribution < -0.4 is 5.32 Å². The first-order valence-electron chi connectivity index (χ1n) is 9.96. The van der Waals surface area contributed by atoms with E-state index in [1.54, 1.807) is 12.1 Å². The van der Waals surface area contributed by atoms with E-state index in [4.69, 9.17) is 4.74 Å². The van der Waals surface area contributed by atoms with Crippen LogP contribution in [0.5, 0.6) is 0 Å². The summed E-state index contributed by atoms with van der Waals surface area (Å²) in [4.78, 5) is 49.7. The zero-order valence-corrected chi connectivity index (χ0v) is 16.7. The highest BCUT2D eigenvalue weighted by Crippen LogP contribution is 2.34. The van der Waals surface area contributed by atoms with Gasteiger partial charge < -0.3 is 10.1 Å². The molecule has 1 aromatic carbocycles. The van der Waals surface area contributed by atoms with Gasteiger partial charge in [0.1, 0.15) is 6.54 Å². The normalized spacial score (nSPS) is 21.7. The average molecular weight is 398 g/mol. The number of hydrogen-bond donors (Lipinski definition) is 1. The second kappa shape index (κ2) is 9.03. The number of ether oxygens (including phenoxy) is 1. The lowest BCUT2D eigenvalue weighted by atomic mass is 9.85. The molecule has 7 nitrogen and oxygen atoms in total. The Morgan fingerprint density at radius 3 is 2.24 bits per heavy atom. The van der Waals surface area contributed by atoms with Crippen LogP contribution in [0.1, 0.15) is 44.6 Å². The molecule has 0 unspecified atom stereocenters. The summed E-state index contributed by atoms with van der Waals surface area (Å²) in [5.41, 5.74) is 1.80. The number of carbonyl (C=O) groups is 4. The molecule has 154 valence electrons. The molecule has 0 spiro atoms. The molecule has 3 atom stereocenters. The number of likely N-dealkylation sites (tertiary alicyclic amines) is 1. The molecule has 2 aliphatic rings. The minimum Gasteiger partial charge on any atom is -0.454 e. The molecule has 29 heavy (non-hydrogen) atoms. The molecule has 1 fully saturated rings. The number of nitrogens with one attached hydrogen (secondary N) is 1. The number of benzene rings is 1. The standard InChI is InChI=1S/C22H26N2O5/c1-3-14(2)15-8-10-16(11-9-15)23-19(25)13-29-20(26)12-24-21(27)17-6-4-5-7-18(17)22(24)28/h4-5,8-11,14,17-18H,3,6-7,12-13H2,1-2H3,(H,23,25)/t14-,17-,18-/m0/s1. The lowest BCUT2D eigenvalue weighted by Gasteiger charge is -2.14. The molecular formula is C22H26N2O5. The van der Waals surface area contributed by atoms with E-state index in [1.165, 1.54) is 5.56 Å². The van der Waals surface area contributed by atoms with E-state index in [9.17, 15) is 19.2 Å². The monoisotopic (exact) mass is 398 g/mol. The van der Waals surface area contributed by atoms with Gasteiger partial charge in [-0.3, -0.25) is 24.1 Å². The van der Waals surface area contributed by atoms with Gasteiger partial charge in [-0.05, 0) is 42.9 Å². The number of hydrogen-bond acceptors (Lipinski definition) is 5. The molecule has 1 saturated heterocycles. The highest BCUT2D eigenvalue weighted by Gasteiger charge is 2.47. The van der Waals surface area contributed by atoms with E-state index in [0.717, 1.165) is 11.3 Å². The smallest absolute Gasteiger partial charge is 0.326 e. The molecule has 1 heterocycles. The van der Waals surface area contributed by atoms with Gasteiger partial charge in [0.15, 0.2) is 6.61 Å². The first-order chi connectivity index (χ1) is 13.9. The lowest BCUT2D eigenvalue weighted by Crippen LogP contribution is -2.37. The molecular weight excluding hydrogens is 372 g/mol. The summed E-state index contributed by atoms with van der Waals surface area (Å²) in [6.07, 6.45) is 5.82. The van der Waals surface area contributed by atoms with Crippen LogP contribution in [0.2, 0.25) is 0 Å². The third kappa shape index (κ3) is 4.72.